The molecule has 0 spiro atoms. The predicted octanol–water partition coefficient (Wildman–Crippen LogP) is 2.89. The van der Waals surface area contributed by atoms with E-state index in [0.717, 1.165) is 62.5 Å². The Morgan fingerprint density at radius 1 is 1.10 bits per heavy atom. The van der Waals surface area contributed by atoms with Crippen LogP contribution in [-0.4, -0.2) is 55.4 Å². The Hall–Kier alpha value is -1.84. The number of anilines is 1. The summed E-state index contributed by atoms with van der Waals surface area (Å²) in [5, 5.41) is 6.83. The highest BCUT2D eigenvalue weighted by Crippen LogP contribution is 2.28. The number of nitrogens with one attached hydrogen (secondary N) is 2. The zero-order valence-electron chi connectivity index (χ0n) is 18.3. The normalized spacial score (nSPS) is 22.0. The molecule has 2 N–H and O–H groups in total. The predicted molar refractivity (Wildman–Crippen MR) is 134 cm³/mol. The fraction of sp³-hybridized carbons (Fsp3) is 0.609. The number of hydrogen-bond acceptors (Lipinski definition) is 3. The highest BCUT2D eigenvalue weighted by atomic mass is 127. The zero-order chi connectivity index (χ0) is 20.9. The van der Waals surface area contributed by atoms with Crippen LogP contribution in [0.4, 0.5) is 5.69 Å². The molecule has 2 heterocycles. The van der Waals surface area contributed by atoms with Crippen molar-refractivity contribution in [1.82, 2.24) is 15.5 Å². The second-order valence-electron chi connectivity index (χ2n) is 8.64. The molecular weight excluding hydrogens is 505 g/mol. The lowest BCUT2D eigenvalue weighted by molar-refractivity contribution is -0.134. The number of guanidine groups is 1. The van der Waals surface area contributed by atoms with E-state index in [1.165, 1.54) is 12.8 Å². The third-order valence-corrected chi connectivity index (χ3v) is 6.55. The van der Waals surface area contributed by atoms with Crippen molar-refractivity contribution in [2.24, 2.45) is 10.9 Å². The number of carbonyl (C=O) groups excluding carboxylic acids is 2. The topological polar surface area (TPSA) is 77.0 Å². The number of hydrogen-bond donors (Lipinski definition) is 2. The van der Waals surface area contributed by atoms with Gasteiger partial charge in [0.1, 0.15) is 0 Å². The first kappa shape index (κ1) is 23.8. The van der Waals surface area contributed by atoms with Gasteiger partial charge in [-0.2, -0.15) is 0 Å². The van der Waals surface area contributed by atoms with Gasteiger partial charge in [0, 0.05) is 57.3 Å². The number of nitrogens with zero attached hydrogens (tertiary/aromatic N) is 3. The molecule has 3 aliphatic rings. The van der Waals surface area contributed by atoms with E-state index in [1.807, 2.05) is 21.9 Å². The zero-order valence-corrected chi connectivity index (χ0v) is 20.6. The molecule has 1 saturated carbocycles. The number of aliphatic imine (C=N–C) groups is 1. The van der Waals surface area contributed by atoms with Crippen LogP contribution in [0.2, 0.25) is 0 Å². The molecule has 170 valence electrons. The Morgan fingerprint density at radius 3 is 2.48 bits per heavy atom. The van der Waals surface area contributed by atoms with E-state index in [9.17, 15) is 9.59 Å². The first-order valence-electron chi connectivity index (χ1n) is 11.3. The molecule has 31 heavy (non-hydrogen) atoms. The monoisotopic (exact) mass is 539 g/mol. The van der Waals surface area contributed by atoms with Gasteiger partial charge in [0.05, 0.1) is 0 Å². The third-order valence-electron chi connectivity index (χ3n) is 6.55. The van der Waals surface area contributed by atoms with E-state index in [1.54, 1.807) is 7.05 Å². The van der Waals surface area contributed by atoms with Gasteiger partial charge >= 0.3 is 0 Å². The summed E-state index contributed by atoms with van der Waals surface area (Å²) < 4.78 is 0. The minimum atomic E-state index is 0. The van der Waals surface area contributed by atoms with Crippen LogP contribution < -0.4 is 15.5 Å². The van der Waals surface area contributed by atoms with Crippen LogP contribution in [0.15, 0.2) is 29.3 Å². The number of benzene rings is 1. The maximum absolute atomic E-state index is 12.6. The summed E-state index contributed by atoms with van der Waals surface area (Å²) in [6.45, 7) is 3.06. The average molecular weight is 539 g/mol. The van der Waals surface area contributed by atoms with E-state index < -0.39 is 0 Å². The number of halogens is 1. The van der Waals surface area contributed by atoms with Gasteiger partial charge in [0.25, 0.3) is 0 Å². The molecule has 0 radical (unpaired) electrons. The standard InChI is InChI=1S/C23H33N5O2.HI/c1-24-23(26-19-12-14-27(16-19)22(30)18-5-2-3-6-18)25-15-17-8-10-20(11-9-17)28-13-4-7-21(28)29;/h8-11,18-19H,2-7,12-16H2,1H3,(H2,24,25,26);1H. The SMILES string of the molecule is CN=C(NCc1ccc(N2CCCC2=O)cc1)NC1CCN(C(=O)C2CCCC2)C1.I. The first-order chi connectivity index (χ1) is 14.6. The van der Waals surface area contributed by atoms with Gasteiger partial charge in [0.15, 0.2) is 5.96 Å². The molecule has 1 unspecified atom stereocenters. The molecule has 2 saturated heterocycles. The Morgan fingerprint density at radius 2 is 1.84 bits per heavy atom. The minimum Gasteiger partial charge on any atom is -0.352 e. The second kappa shape index (κ2) is 11.2. The van der Waals surface area contributed by atoms with Gasteiger partial charge < -0.3 is 20.4 Å². The van der Waals surface area contributed by atoms with Gasteiger partial charge in [-0.15, -0.1) is 24.0 Å². The molecule has 2 amide bonds. The highest BCUT2D eigenvalue weighted by molar-refractivity contribution is 14.0. The molecule has 1 aromatic rings. The molecule has 2 aliphatic heterocycles. The van der Waals surface area contributed by atoms with Gasteiger partial charge in [0.2, 0.25) is 11.8 Å². The maximum atomic E-state index is 12.6. The Bertz CT molecular complexity index is 792. The van der Waals surface area contributed by atoms with Crippen molar-refractivity contribution in [3.05, 3.63) is 29.8 Å². The highest BCUT2D eigenvalue weighted by Gasteiger charge is 2.32. The van der Waals surface area contributed by atoms with Crippen molar-refractivity contribution < 1.29 is 9.59 Å². The first-order valence-corrected chi connectivity index (χ1v) is 11.3. The molecule has 1 atom stereocenters. The van der Waals surface area contributed by atoms with Crippen molar-refractivity contribution in [1.29, 1.82) is 0 Å². The summed E-state index contributed by atoms with van der Waals surface area (Å²) in [5.74, 6) is 1.56. The minimum absolute atomic E-state index is 0. The quantitative estimate of drug-likeness (QED) is 0.343. The summed E-state index contributed by atoms with van der Waals surface area (Å²) in [4.78, 5) is 32.7. The largest absolute Gasteiger partial charge is 0.352 e. The van der Waals surface area contributed by atoms with Crippen molar-refractivity contribution in [3.8, 4) is 0 Å². The van der Waals surface area contributed by atoms with Crippen LogP contribution >= 0.6 is 24.0 Å². The van der Waals surface area contributed by atoms with Crippen LogP contribution in [0.5, 0.6) is 0 Å². The van der Waals surface area contributed by atoms with Gasteiger partial charge in [-0.1, -0.05) is 25.0 Å². The summed E-state index contributed by atoms with van der Waals surface area (Å²) >= 11 is 0. The number of carbonyl (C=O) groups is 2. The lowest BCUT2D eigenvalue weighted by Gasteiger charge is -2.21. The number of amides is 2. The molecule has 3 fully saturated rings. The summed E-state index contributed by atoms with van der Waals surface area (Å²) in [6.07, 6.45) is 7.04. The summed E-state index contributed by atoms with van der Waals surface area (Å²) in [6, 6.07) is 8.38. The Kier molecular flexibility index (Phi) is 8.57. The summed E-state index contributed by atoms with van der Waals surface area (Å²) in [7, 11) is 1.77. The Balaban J connectivity index is 0.00000272. The van der Waals surface area contributed by atoms with E-state index in [2.05, 4.69) is 27.8 Å². The van der Waals surface area contributed by atoms with Crippen molar-refractivity contribution in [3.63, 3.8) is 0 Å². The third kappa shape index (κ3) is 5.90. The van der Waals surface area contributed by atoms with Crippen molar-refractivity contribution in [2.75, 3.05) is 31.6 Å². The summed E-state index contributed by atoms with van der Waals surface area (Å²) in [5.41, 5.74) is 2.11. The van der Waals surface area contributed by atoms with Crippen LogP contribution in [0.1, 0.15) is 50.5 Å². The van der Waals surface area contributed by atoms with E-state index in [0.29, 0.717) is 18.9 Å². The number of likely N-dealkylation sites (tertiary alicyclic amines) is 1. The molecule has 0 aromatic heterocycles. The fourth-order valence-electron chi connectivity index (χ4n) is 4.80. The lowest BCUT2D eigenvalue weighted by atomic mass is 10.1. The van der Waals surface area contributed by atoms with Crippen LogP contribution in [-0.2, 0) is 16.1 Å². The lowest BCUT2D eigenvalue weighted by Crippen LogP contribution is -2.45. The second-order valence-corrected chi connectivity index (χ2v) is 8.64. The van der Waals surface area contributed by atoms with Crippen LogP contribution in [0, 0.1) is 5.92 Å². The Labute approximate surface area is 202 Å². The van der Waals surface area contributed by atoms with E-state index in [-0.39, 0.29) is 41.8 Å². The molecule has 0 bridgehead atoms. The van der Waals surface area contributed by atoms with Crippen LogP contribution in [0.25, 0.3) is 0 Å². The van der Waals surface area contributed by atoms with Gasteiger partial charge in [-0.25, -0.2) is 0 Å². The molecule has 1 aliphatic carbocycles. The van der Waals surface area contributed by atoms with Gasteiger partial charge in [-0.3, -0.25) is 14.6 Å². The van der Waals surface area contributed by atoms with Crippen LogP contribution in [0.3, 0.4) is 0 Å². The average Bonchev–Trinajstić information content (AvgIpc) is 3.53. The van der Waals surface area contributed by atoms with E-state index >= 15 is 0 Å². The molecule has 7 nitrogen and oxygen atoms in total. The number of rotatable bonds is 5. The fourth-order valence-corrected chi connectivity index (χ4v) is 4.80. The molecule has 8 heteroatoms. The molecular formula is C23H34IN5O2. The molecule has 1 aromatic carbocycles. The smallest absolute Gasteiger partial charge is 0.227 e. The van der Waals surface area contributed by atoms with Gasteiger partial charge in [-0.05, 0) is 43.4 Å². The van der Waals surface area contributed by atoms with Crippen molar-refractivity contribution >= 4 is 47.4 Å². The maximum Gasteiger partial charge on any atom is 0.227 e. The van der Waals surface area contributed by atoms with Crippen molar-refractivity contribution in [2.45, 2.75) is 57.5 Å². The van der Waals surface area contributed by atoms with E-state index in [4.69, 9.17) is 0 Å². The molecule has 4 rings (SSSR count).